The molecule has 6 nitrogen and oxygen atoms in total. The van der Waals surface area contributed by atoms with Crippen LogP contribution in [0.3, 0.4) is 0 Å². The second-order valence-electron chi connectivity index (χ2n) is 8.66. The van der Waals surface area contributed by atoms with Crippen LogP contribution in [0.25, 0.3) is 11.1 Å². The van der Waals surface area contributed by atoms with Crippen molar-refractivity contribution < 1.29 is 18.3 Å². The minimum atomic E-state index is -0.749. The number of aromatic nitrogens is 2. The average Bonchev–Trinajstić information content (AvgIpc) is 3.26. The van der Waals surface area contributed by atoms with E-state index in [-0.39, 0.29) is 18.3 Å². The summed E-state index contributed by atoms with van der Waals surface area (Å²) in [4.78, 5) is 22.2. The van der Waals surface area contributed by atoms with E-state index in [1.165, 1.54) is 24.3 Å². The maximum Gasteiger partial charge on any atom is 0.248 e. The number of fused-ring (bicyclic) bond motifs is 1. The molecule has 2 unspecified atom stereocenters. The van der Waals surface area contributed by atoms with Crippen molar-refractivity contribution in [2.24, 2.45) is 23.5 Å². The topological polar surface area (TPSA) is 81.3 Å². The number of hydrogen-bond donors (Lipinski definition) is 1. The van der Waals surface area contributed by atoms with Crippen LogP contribution in [-0.4, -0.2) is 35.6 Å². The van der Waals surface area contributed by atoms with Gasteiger partial charge >= 0.3 is 0 Å². The largest absolute Gasteiger partial charge is 0.487 e. The summed E-state index contributed by atoms with van der Waals surface area (Å²) in [6.45, 7) is 4.00. The molecular weight excluding hydrogens is 426 g/mol. The smallest absolute Gasteiger partial charge is 0.248 e. The minimum absolute atomic E-state index is 0.274. The highest BCUT2D eigenvalue weighted by atomic mass is 19.1. The van der Waals surface area contributed by atoms with Gasteiger partial charge in [-0.15, -0.1) is 0 Å². The lowest BCUT2D eigenvalue weighted by molar-refractivity contribution is 0.100. The normalized spacial score (nSPS) is 21.1. The number of benzene rings is 2. The lowest BCUT2D eigenvalue weighted by Crippen LogP contribution is -2.27. The Hall–Kier alpha value is -3.55. The lowest BCUT2D eigenvalue weighted by atomic mass is 10.0. The molecule has 0 radical (unpaired) electrons. The van der Waals surface area contributed by atoms with E-state index in [1.807, 2.05) is 12.4 Å². The number of halogens is 2. The van der Waals surface area contributed by atoms with E-state index in [0.29, 0.717) is 28.5 Å². The van der Waals surface area contributed by atoms with Gasteiger partial charge in [0.15, 0.2) is 17.4 Å². The molecule has 0 bridgehead atoms. The second kappa shape index (κ2) is 8.42. The van der Waals surface area contributed by atoms with Crippen molar-refractivity contribution >= 4 is 11.9 Å². The molecule has 170 valence electrons. The fourth-order valence-electron chi connectivity index (χ4n) is 4.62. The van der Waals surface area contributed by atoms with Gasteiger partial charge in [0.25, 0.3) is 0 Å². The van der Waals surface area contributed by atoms with Crippen LogP contribution < -0.4 is 15.4 Å². The third-order valence-corrected chi connectivity index (χ3v) is 6.68. The Morgan fingerprint density at radius 2 is 1.67 bits per heavy atom. The first-order valence-electron chi connectivity index (χ1n) is 11.0. The highest BCUT2D eigenvalue weighted by molar-refractivity contribution is 5.93. The van der Waals surface area contributed by atoms with Crippen molar-refractivity contribution in [2.75, 3.05) is 24.6 Å². The molecule has 1 saturated carbocycles. The molecule has 2 aromatic carbocycles. The molecule has 1 aliphatic carbocycles. The van der Waals surface area contributed by atoms with Gasteiger partial charge in [0.05, 0.1) is 6.61 Å². The zero-order valence-electron chi connectivity index (χ0n) is 18.2. The number of aryl methyl sites for hydroxylation is 1. The number of ether oxygens (including phenoxy) is 1. The van der Waals surface area contributed by atoms with E-state index in [1.54, 1.807) is 12.1 Å². The fraction of sp³-hybridized carbons (Fsp3) is 0.320. The number of hydrogen-bond acceptors (Lipinski definition) is 5. The predicted molar refractivity (Wildman–Crippen MR) is 120 cm³/mol. The van der Waals surface area contributed by atoms with E-state index in [0.717, 1.165) is 31.0 Å². The molecule has 3 aromatic rings. The van der Waals surface area contributed by atoms with Crippen LogP contribution in [0.5, 0.6) is 5.75 Å². The molecule has 1 aliphatic heterocycles. The molecule has 0 spiro atoms. The van der Waals surface area contributed by atoms with Crippen LogP contribution >= 0.6 is 0 Å². The number of nitrogens with zero attached hydrogens (tertiary/aromatic N) is 3. The third kappa shape index (κ3) is 4.13. The van der Waals surface area contributed by atoms with E-state index >= 15 is 0 Å². The Morgan fingerprint density at radius 1 is 1.06 bits per heavy atom. The SMILES string of the molecule is CCc1cnc(N2CC3C(COc4c(F)cc(-c5ccc(C(N)=O)cc5)cc4F)C3C2)nc1. The standard InChI is InChI=1S/C25H24F2N4O2/c1-2-14-9-29-25(30-10-14)31-11-18-19(12-31)20(18)13-33-23-21(26)7-17(8-22(23)27)15-3-5-16(6-4-15)24(28)32/h3-10,18-20H,2,11-13H2,1H3,(H2,28,32). The van der Waals surface area contributed by atoms with E-state index in [2.05, 4.69) is 21.8 Å². The summed E-state index contributed by atoms with van der Waals surface area (Å²) in [5.41, 5.74) is 7.61. The number of nitrogens with two attached hydrogens (primary N) is 1. The van der Waals surface area contributed by atoms with Crippen molar-refractivity contribution in [1.29, 1.82) is 0 Å². The number of carbonyl (C=O) groups excluding carboxylic acids is 1. The minimum Gasteiger partial charge on any atom is -0.487 e. The molecule has 2 heterocycles. The van der Waals surface area contributed by atoms with Gasteiger partial charge in [-0.3, -0.25) is 4.79 Å². The van der Waals surface area contributed by atoms with Gasteiger partial charge in [0.1, 0.15) is 0 Å². The lowest BCUT2D eigenvalue weighted by Gasteiger charge is -2.20. The van der Waals surface area contributed by atoms with Gasteiger partial charge < -0.3 is 15.4 Å². The van der Waals surface area contributed by atoms with Gasteiger partial charge in [-0.1, -0.05) is 19.1 Å². The summed E-state index contributed by atoms with van der Waals surface area (Å²) < 4.78 is 34.9. The molecule has 1 amide bonds. The predicted octanol–water partition coefficient (Wildman–Crippen LogP) is 3.84. The Bertz CT molecular complexity index is 1150. The van der Waals surface area contributed by atoms with E-state index in [4.69, 9.17) is 10.5 Å². The molecule has 2 N–H and O–H groups in total. The zero-order valence-corrected chi connectivity index (χ0v) is 18.2. The summed E-state index contributed by atoms with van der Waals surface area (Å²) in [5, 5.41) is 0. The number of piperidine rings is 1. The maximum absolute atomic E-state index is 14.6. The summed E-state index contributed by atoms with van der Waals surface area (Å²) in [6, 6.07) is 8.73. The Labute approximate surface area is 190 Å². The summed E-state index contributed by atoms with van der Waals surface area (Å²) >= 11 is 0. The van der Waals surface area contributed by atoms with Crippen LogP contribution in [0.1, 0.15) is 22.8 Å². The van der Waals surface area contributed by atoms with Crippen molar-refractivity contribution in [1.82, 2.24) is 9.97 Å². The van der Waals surface area contributed by atoms with Gasteiger partial charge in [-0.05, 0) is 59.2 Å². The van der Waals surface area contributed by atoms with Gasteiger partial charge in [-0.2, -0.15) is 0 Å². The fourth-order valence-corrected chi connectivity index (χ4v) is 4.62. The van der Waals surface area contributed by atoms with Crippen molar-refractivity contribution in [3.8, 4) is 16.9 Å². The first kappa shape index (κ1) is 21.3. The molecule has 2 aliphatic rings. The van der Waals surface area contributed by atoms with E-state index in [9.17, 15) is 13.6 Å². The first-order valence-corrected chi connectivity index (χ1v) is 11.0. The molecule has 2 fully saturated rings. The van der Waals surface area contributed by atoms with Gasteiger partial charge in [-0.25, -0.2) is 18.7 Å². The molecule has 33 heavy (non-hydrogen) atoms. The molecule has 5 rings (SSSR count). The molecule has 2 atom stereocenters. The van der Waals surface area contributed by atoms with Crippen LogP contribution in [-0.2, 0) is 6.42 Å². The van der Waals surface area contributed by atoms with Crippen LogP contribution in [0.15, 0.2) is 48.8 Å². The Balaban J connectivity index is 1.19. The number of primary amides is 1. The number of carbonyl (C=O) groups is 1. The Kier molecular flexibility index (Phi) is 5.44. The van der Waals surface area contributed by atoms with Crippen molar-refractivity contribution in [3.05, 3.63) is 71.6 Å². The van der Waals surface area contributed by atoms with Crippen LogP contribution in [0, 0.1) is 29.4 Å². The summed E-state index contributed by atoms with van der Waals surface area (Å²) in [5.74, 6) is -0.555. The van der Waals surface area contributed by atoms with Crippen LogP contribution in [0.4, 0.5) is 14.7 Å². The summed E-state index contributed by atoms with van der Waals surface area (Å²) in [7, 11) is 0. The first-order chi connectivity index (χ1) is 15.9. The number of amides is 1. The maximum atomic E-state index is 14.6. The Morgan fingerprint density at radius 3 is 2.21 bits per heavy atom. The quantitative estimate of drug-likeness (QED) is 0.592. The van der Waals surface area contributed by atoms with Crippen LogP contribution in [0.2, 0.25) is 0 Å². The van der Waals surface area contributed by atoms with Gasteiger partial charge in [0.2, 0.25) is 11.9 Å². The molecule has 8 heteroatoms. The third-order valence-electron chi connectivity index (χ3n) is 6.68. The highest BCUT2D eigenvalue weighted by Gasteiger charge is 2.56. The van der Waals surface area contributed by atoms with Crippen molar-refractivity contribution in [3.63, 3.8) is 0 Å². The van der Waals surface area contributed by atoms with Gasteiger partial charge in [0, 0.05) is 37.0 Å². The number of anilines is 1. The molecule has 1 aromatic heterocycles. The highest BCUT2D eigenvalue weighted by Crippen LogP contribution is 2.52. The van der Waals surface area contributed by atoms with Crippen molar-refractivity contribution in [2.45, 2.75) is 13.3 Å². The second-order valence-corrected chi connectivity index (χ2v) is 8.66. The average molecular weight is 450 g/mol. The molecular formula is C25H24F2N4O2. The monoisotopic (exact) mass is 450 g/mol. The number of rotatable bonds is 7. The molecule has 1 saturated heterocycles. The van der Waals surface area contributed by atoms with E-state index < -0.39 is 17.5 Å². The summed E-state index contributed by atoms with van der Waals surface area (Å²) in [6.07, 6.45) is 4.61. The zero-order chi connectivity index (χ0) is 23.1.